The predicted octanol–water partition coefficient (Wildman–Crippen LogP) is 3.55. The van der Waals surface area contributed by atoms with E-state index in [1.165, 1.54) is 6.42 Å². The van der Waals surface area contributed by atoms with Crippen molar-refractivity contribution in [3.05, 3.63) is 47.8 Å². The summed E-state index contributed by atoms with van der Waals surface area (Å²) in [6.07, 6.45) is 10.7. The second-order valence-electron chi connectivity index (χ2n) is 9.42. The third-order valence-corrected chi connectivity index (χ3v) is 7.33. The van der Waals surface area contributed by atoms with E-state index in [1.807, 2.05) is 24.3 Å². The molecule has 178 valence electrons. The van der Waals surface area contributed by atoms with Gasteiger partial charge in [-0.1, -0.05) is 19.3 Å². The number of aromatic nitrogens is 1. The van der Waals surface area contributed by atoms with Crippen LogP contribution >= 0.6 is 0 Å². The molecule has 0 bridgehead atoms. The Morgan fingerprint density at radius 1 is 1.03 bits per heavy atom. The minimum absolute atomic E-state index is 0.0538. The number of benzene rings is 1. The fraction of sp³-hybridized carbons (Fsp3) is 0.538. The van der Waals surface area contributed by atoms with Crippen LogP contribution in [-0.2, 0) is 29.1 Å². The fourth-order valence-corrected chi connectivity index (χ4v) is 5.55. The van der Waals surface area contributed by atoms with Crippen LogP contribution in [0.15, 0.2) is 36.7 Å². The molecule has 1 aliphatic carbocycles. The van der Waals surface area contributed by atoms with Crippen molar-refractivity contribution in [1.82, 2.24) is 14.8 Å². The van der Waals surface area contributed by atoms with E-state index in [2.05, 4.69) is 22.3 Å². The van der Waals surface area contributed by atoms with E-state index >= 15 is 0 Å². The van der Waals surface area contributed by atoms with Gasteiger partial charge in [-0.25, -0.2) is 0 Å². The van der Waals surface area contributed by atoms with E-state index in [1.54, 1.807) is 26.2 Å². The van der Waals surface area contributed by atoms with E-state index in [9.17, 15) is 9.59 Å². The maximum absolute atomic E-state index is 13.8. The molecule has 2 amide bonds. The largest absolute Gasteiger partial charge is 0.493 e. The summed E-state index contributed by atoms with van der Waals surface area (Å²) in [5.74, 6) is 1.20. The highest BCUT2D eigenvalue weighted by molar-refractivity contribution is 5.88. The number of rotatable bonds is 7. The Balaban J connectivity index is 1.62. The van der Waals surface area contributed by atoms with Crippen molar-refractivity contribution >= 4 is 11.8 Å². The van der Waals surface area contributed by atoms with Crippen LogP contribution in [0.4, 0.5) is 0 Å². The summed E-state index contributed by atoms with van der Waals surface area (Å²) >= 11 is 0. The molecule has 1 aromatic heterocycles. The summed E-state index contributed by atoms with van der Waals surface area (Å²) in [6, 6.07) is 7.40. The molecule has 2 heterocycles. The van der Waals surface area contributed by atoms with Crippen molar-refractivity contribution in [2.75, 3.05) is 21.3 Å². The molecule has 1 aliphatic heterocycles. The van der Waals surface area contributed by atoms with Crippen LogP contribution in [0.3, 0.4) is 0 Å². The van der Waals surface area contributed by atoms with Gasteiger partial charge in [0.15, 0.2) is 11.5 Å². The van der Waals surface area contributed by atoms with Gasteiger partial charge < -0.3 is 24.3 Å². The second-order valence-corrected chi connectivity index (χ2v) is 9.42. The molecule has 7 nitrogen and oxygen atoms in total. The number of amides is 2. The van der Waals surface area contributed by atoms with Gasteiger partial charge in [-0.3, -0.25) is 9.59 Å². The van der Waals surface area contributed by atoms with Crippen LogP contribution < -0.4 is 14.8 Å². The van der Waals surface area contributed by atoms with Crippen molar-refractivity contribution in [2.24, 2.45) is 5.41 Å². The first-order chi connectivity index (χ1) is 16.0. The molecule has 4 rings (SSSR count). The Morgan fingerprint density at radius 3 is 2.27 bits per heavy atom. The monoisotopic (exact) mass is 453 g/mol. The number of likely N-dealkylation sites (N-methyl/N-ethyl adjacent to an activating group) is 1. The molecule has 2 aromatic rings. The summed E-state index contributed by atoms with van der Waals surface area (Å²) in [5, 5.41) is 2.76. The number of ether oxygens (including phenoxy) is 2. The van der Waals surface area contributed by atoms with Gasteiger partial charge in [0, 0.05) is 45.4 Å². The van der Waals surface area contributed by atoms with E-state index in [-0.39, 0.29) is 17.2 Å². The predicted molar refractivity (Wildman–Crippen MR) is 126 cm³/mol. The van der Waals surface area contributed by atoms with Crippen molar-refractivity contribution in [2.45, 2.75) is 64.1 Å². The smallest absolute Gasteiger partial charge is 0.242 e. The molecule has 1 atom stereocenters. The van der Waals surface area contributed by atoms with Crippen molar-refractivity contribution in [3.63, 3.8) is 0 Å². The minimum Gasteiger partial charge on any atom is -0.493 e. The molecule has 2 aliphatic rings. The molecule has 7 heteroatoms. The van der Waals surface area contributed by atoms with E-state index in [0.717, 1.165) is 43.4 Å². The second kappa shape index (κ2) is 9.89. The van der Waals surface area contributed by atoms with Gasteiger partial charge in [0.1, 0.15) is 6.04 Å². The van der Waals surface area contributed by atoms with E-state index in [0.29, 0.717) is 30.9 Å². The Bertz CT molecular complexity index is 980. The van der Waals surface area contributed by atoms with E-state index in [4.69, 9.17) is 9.47 Å². The molecule has 0 radical (unpaired) electrons. The Morgan fingerprint density at radius 2 is 1.67 bits per heavy atom. The van der Waals surface area contributed by atoms with Crippen LogP contribution in [0.5, 0.6) is 11.5 Å². The van der Waals surface area contributed by atoms with Crippen LogP contribution in [0.1, 0.15) is 49.7 Å². The lowest BCUT2D eigenvalue weighted by Crippen LogP contribution is -2.53. The highest BCUT2D eigenvalue weighted by atomic mass is 16.5. The van der Waals surface area contributed by atoms with Crippen LogP contribution in [0.25, 0.3) is 0 Å². The topological polar surface area (TPSA) is 72.8 Å². The quantitative estimate of drug-likeness (QED) is 0.696. The molecule has 1 fully saturated rings. The number of hydrogen-bond acceptors (Lipinski definition) is 4. The first kappa shape index (κ1) is 23.2. The molecule has 1 N–H and O–H groups in total. The zero-order valence-corrected chi connectivity index (χ0v) is 19.9. The van der Waals surface area contributed by atoms with Gasteiger partial charge in [-0.05, 0) is 53.6 Å². The summed E-state index contributed by atoms with van der Waals surface area (Å²) in [5.41, 5.74) is 1.95. The summed E-state index contributed by atoms with van der Waals surface area (Å²) < 4.78 is 13.1. The maximum atomic E-state index is 13.8. The van der Waals surface area contributed by atoms with Crippen LogP contribution in [0.2, 0.25) is 0 Å². The van der Waals surface area contributed by atoms with Crippen molar-refractivity contribution in [3.8, 4) is 11.5 Å². The standard InChI is InChI=1S/C26H35N3O4/c1-27-25(31)21-13-19-14-22(32-2)23(33-3)15-20(19)17-29(21)24(30)16-26(9-5-4-6-10-26)18-28-11-7-8-12-28/h7-8,11-12,14-15,21H,4-6,9-10,13,16-18H2,1-3H3,(H,27,31). The number of methoxy groups -OCH3 is 2. The molecule has 0 saturated heterocycles. The first-order valence-electron chi connectivity index (χ1n) is 11.8. The lowest BCUT2D eigenvalue weighted by molar-refractivity contribution is -0.144. The van der Waals surface area contributed by atoms with Gasteiger partial charge in [0.25, 0.3) is 0 Å². The van der Waals surface area contributed by atoms with Crippen LogP contribution in [-0.4, -0.2) is 48.6 Å². The normalized spacial score (nSPS) is 19.5. The molecule has 1 unspecified atom stereocenters. The number of nitrogens with one attached hydrogen (secondary N) is 1. The highest BCUT2D eigenvalue weighted by Gasteiger charge is 2.40. The van der Waals surface area contributed by atoms with Gasteiger partial charge in [-0.2, -0.15) is 0 Å². The molecule has 1 aromatic carbocycles. The third-order valence-electron chi connectivity index (χ3n) is 7.33. The summed E-state index contributed by atoms with van der Waals surface area (Å²) in [6.45, 7) is 1.23. The number of carbonyl (C=O) groups excluding carboxylic acids is 2. The number of hydrogen-bond donors (Lipinski definition) is 1. The number of carbonyl (C=O) groups is 2. The van der Waals surface area contributed by atoms with Crippen LogP contribution in [0, 0.1) is 5.41 Å². The molecule has 0 spiro atoms. The minimum atomic E-state index is -0.527. The number of fused-ring (bicyclic) bond motifs is 1. The SMILES string of the molecule is CNC(=O)C1Cc2cc(OC)c(OC)cc2CN1C(=O)CC1(Cn2cccc2)CCCCC1. The average Bonchev–Trinajstić information content (AvgIpc) is 3.34. The van der Waals surface area contributed by atoms with Crippen molar-refractivity contribution < 1.29 is 19.1 Å². The highest BCUT2D eigenvalue weighted by Crippen LogP contribution is 2.42. The molecule has 1 saturated carbocycles. The van der Waals surface area contributed by atoms with Crippen molar-refractivity contribution in [1.29, 1.82) is 0 Å². The lowest BCUT2D eigenvalue weighted by Gasteiger charge is -2.41. The summed E-state index contributed by atoms with van der Waals surface area (Å²) in [4.78, 5) is 28.4. The average molecular weight is 454 g/mol. The first-order valence-corrected chi connectivity index (χ1v) is 11.8. The zero-order chi connectivity index (χ0) is 23.4. The Hall–Kier alpha value is -2.96. The lowest BCUT2D eigenvalue weighted by atomic mass is 9.71. The van der Waals surface area contributed by atoms with Gasteiger partial charge in [-0.15, -0.1) is 0 Å². The Kier molecular flexibility index (Phi) is 6.96. The van der Waals surface area contributed by atoms with Gasteiger partial charge in [0.05, 0.1) is 14.2 Å². The van der Waals surface area contributed by atoms with Gasteiger partial charge in [0.2, 0.25) is 11.8 Å². The molecule has 33 heavy (non-hydrogen) atoms. The molecular weight excluding hydrogens is 418 g/mol. The fourth-order valence-electron chi connectivity index (χ4n) is 5.55. The maximum Gasteiger partial charge on any atom is 0.242 e. The summed E-state index contributed by atoms with van der Waals surface area (Å²) in [7, 11) is 4.84. The molecular formula is C26H35N3O4. The third kappa shape index (κ3) is 4.87. The van der Waals surface area contributed by atoms with Gasteiger partial charge >= 0.3 is 0 Å². The Labute approximate surface area is 196 Å². The zero-order valence-electron chi connectivity index (χ0n) is 19.9. The number of nitrogens with zero attached hydrogens (tertiary/aromatic N) is 2. The van der Waals surface area contributed by atoms with E-state index < -0.39 is 6.04 Å².